The van der Waals surface area contributed by atoms with Crippen LogP contribution in [0.2, 0.25) is 18.1 Å². The van der Waals surface area contributed by atoms with E-state index in [1.54, 1.807) is 12.2 Å². The minimum absolute atomic E-state index is 0.112. The summed E-state index contributed by atoms with van der Waals surface area (Å²) in [6.45, 7) is 18.3. The molecule has 0 aromatic rings. The van der Waals surface area contributed by atoms with E-state index in [4.69, 9.17) is 4.43 Å². The van der Waals surface area contributed by atoms with Crippen LogP contribution in [-0.4, -0.2) is 36.8 Å². The average molecular weight is 301 g/mol. The van der Waals surface area contributed by atoms with Gasteiger partial charge >= 0.3 is 0 Å². The van der Waals surface area contributed by atoms with Gasteiger partial charge < -0.3 is 14.6 Å². The number of hydrogen-bond acceptors (Lipinski definition) is 3. The predicted molar refractivity (Wildman–Crippen MR) is 88.3 cm³/mol. The first-order valence-electron chi connectivity index (χ1n) is 7.32. The molecule has 0 aromatic heterocycles. The lowest BCUT2D eigenvalue weighted by atomic mass is 10.0. The van der Waals surface area contributed by atoms with Crippen molar-refractivity contribution >= 4 is 8.32 Å². The van der Waals surface area contributed by atoms with Crippen LogP contribution in [-0.2, 0) is 4.43 Å². The maximum Gasteiger partial charge on any atom is 0.192 e. The zero-order valence-corrected chi connectivity index (χ0v) is 14.7. The summed E-state index contributed by atoms with van der Waals surface area (Å²) in [4.78, 5) is 0. The molecule has 0 amide bonds. The summed E-state index contributed by atoms with van der Waals surface area (Å²) >= 11 is 0. The third kappa shape index (κ3) is 6.35. The predicted octanol–water partition coefficient (Wildman–Crippen LogP) is 3.64. The topological polar surface area (TPSA) is 49.7 Å². The van der Waals surface area contributed by atoms with E-state index in [2.05, 4.69) is 47.0 Å². The summed E-state index contributed by atoms with van der Waals surface area (Å²) in [6, 6.07) is 0. The van der Waals surface area contributed by atoms with Gasteiger partial charge in [0.2, 0.25) is 0 Å². The molecule has 118 valence electrons. The zero-order valence-electron chi connectivity index (χ0n) is 13.7. The molecule has 0 heterocycles. The summed E-state index contributed by atoms with van der Waals surface area (Å²) in [6.07, 6.45) is 3.32. The first-order valence-corrected chi connectivity index (χ1v) is 10.2. The summed E-state index contributed by atoms with van der Waals surface area (Å²) in [5.74, 6) is 0. The Hall–Kier alpha value is -0.423. The Morgan fingerprint density at radius 3 is 2.10 bits per heavy atom. The zero-order chi connectivity index (χ0) is 16.0. The van der Waals surface area contributed by atoms with Gasteiger partial charge in [0, 0.05) is 6.42 Å². The molecule has 0 bridgehead atoms. The number of aliphatic hydroxyl groups is 2. The number of rotatable bonds is 9. The van der Waals surface area contributed by atoms with Crippen LogP contribution in [0.3, 0.4) is 0 Å². The molecule has 20 heavy (non-hydrogen) atoms. The number of allylic oxidation sites excluding steroid dienone is 1. The van der Waals surface area contributed by atoms with Gasteiger partial charge in [-0.15, -0.1) is 13.2 Å². The fourth-order valence-corrected chi connectivity index (χ4v) is 2.93. The highest BCUT2D eigenvalue weighted by Gasteiger charge is 2.39. The third-order valence-electron chi connectivity index (χ3n) is 4.10. The van der Waals surface area contributed by atoms with Crippen LogP contribution in [0.25, 0.3) is 0 Å². The third-order valence-corrected chi connectivity index (χ3v) is 8.60. The van der Waals surface area contributed by atoms with Crippen LogP contribution in [0.4, 0.5) is 0 Å². The monoisotopic (exact) mass is 300 g/mol. The quantitative estimate of drug-likeness (QED) is 0.505. The van der Waals surface area contributed by atoms with Gasteiger partial charge in [-0.05, 0) is 31.0 Å². The average Bonchev–Trinajstić information content (AvgIpc) is 2.33. The lowest BCUT2D eigenvalue weighted by Gasteiger charge is -2.39. The molecule has 0 spiro atoms. The summed E-state index contributed by atoms with van der Waals surface area (Å²) in [7, 11) is -1.90. The molecule has 0 saturated carbocycles. The molecule has 0 aliphatic carbocycles. The van der Waals surface area contributed by atoms with Crippen LogP contribution in [0.1, 0.15) is 40.0 Å². The molecule has 3 nitrogen and oxygen atoms in total. The highest BCUT2D eigenvalue weighted by molar-refractivity contribution is 6.74. The van der Waals surface area contributed by atoms with Crippen LogP contribution < -0.4 is 0 Å². The lowest BCUT2D eigenvalue weighted by Crippen LogP contribution is -2.44. The van der Waals surface area contributed by atoms with Gasteiger partial charge in [-0.3, -0.25) is 0 Å². The van der Waals surface area contributed by atoms with Crippen molar-refractivity contribution in [1.29, 1.82) is 0 Å². The molecule has 2 N–H and O–H groups in total. The van der Waals surface area contributed by atoms with Crippen molar-refractivity contribution in [2.24, 2.45) is 0 Å². The highest BCUT2D eigenvalue weighted by Crippen LogP contribution is 2.37. The molecule has 0 rings (SSSR count). The van der Waals surface area contributed by atoms with Crippen molar-refractivity contribution in [3.05, 3.63) is 25.3 Å². The van der Waals surface area contributed by atoms with E-state index in [1.165, 1.54) is 0 Å². The van der Waals surface area contributed by atoms with E-state index >= 15 is 0 Å². The van der Waals surface area contributed by atoms with Crippen LogP contribution >= 0.6 is 0 Å². The van der Waals surface area contributed by atoms with Crippen molar-refractivity contribution < 1.29 is 14.6 Å². The summed E-state index contributed by atoms with van der Waals surface area (Å²) in [5, 5.41) is 20.0. The molecule has 0 saturated heterocycles. The van der Waals surface area contributed by atoms with E-state index in [0.29, 0.717) is 19.3 Å². The maximum atomic E-state index is 10.0. The second-order valence-corrected chi connectivity index (χ2v) is 11.6. The van der Waals surface area contributed by atoms with E-state index in [0.717, 1.165) is 0 Å². The van der Waals surface area contributed by atoms with Gasteiger partial charge in [-0.2, -0.15) is 0 Å². The van der Waals surface area contributed by atoms with Gasteiger partial charge in [0.15, 0.2) is 8.32 Å². The minimum atomic E-state index is -1.90. The lowest BCUT2D eigenvalue weighted by molar-refractivity contribution is -0.00578. The first kappa shape index (κ1) is 19.6. The Labute approximate surface area is 125 Å². The Morgan fingerprint density at radius 2 is 1.70 bits per heavy atom. The fraction of sp³-hybridized carbons (Fsp3) is 0.750. The van der Waals surface area contributed by atoms with Crippen molar-refractivity contribution in [3.63, 3.8) is 0 Å². The second-order valence-electron chi connectivity index (χ2n) is 6.89. The number of aliphatic hydroxyl groups excluding tert-OH is 2. The Kier molecular flexibility index (Phi) is 7.95. The normalized spacial score (nSPS) is 17.4. The molecule has 0 aromatic carbocycles. The van der Waals surface area contributed by atoms with Crippen LogP contribution in [0.15, 0.2) is 25.3 Å². The van der Waals surface area contributed by atoms with Gasteiger partial charge in [0.25, 0.3) is 0 Å². The van der Waals surface area contributed by atoms with Gasteiger partial charge in [0.05, 0.1) is 18.3 Å². The van der Waals surface area contributed by atoms with Crippen molar-refractivity contribution in [1.82, 2.24) is 0 Å². The van der Waals surface area contributed by atoms with Crippen LogP contribution in [0, 0.1) is 0 Å². The minimum Gasteiger partial charge on any atom is -0.410 e. The maximum absolute atomic E-state index is 10.0. The Balaban J connectivity index is 4.56. The van der Waals surface area contributed by atoms with Crippen molar-refractivity contribution in [3.8, 4) is 0 Å². The first-order chi connectivity index (χ1) is 9.05. The molecular formula is C16H32O3Si. The Morgan fingerprint density at radius 1 is 1.15 bits per heavy atom. The second kappa shape index (κ2) is 8.13. The molecule has 0 aliphatic heterocycles. The van der Waals surface area contributed by atoms with Gasteiger partial charge in [-0.1, -0.05) is 32.9 Å². The SMILES string of the molecule is C=CCC[C@@H](O)[C@H](O)C[C@H](C=C)O[Si](C)(C)C(C)(C)C. The summed E-state index contributed by atoms with van der Waals surface area (Å²) < 4.78 is 6.21. The molecule has 0 fully saturated rings. The fourth-order valence-electron chi connectivity index (χ4n) is 1.62. The van der Waals surface area contributed by atoms with E-state index in [-0.39, 0.29) is 11.1 Å². The van der Waals surface area contributed by atoms with Crippen molar-refractivity contribution in [2.75, 3.05) is 0 Å². The largest absolute Gasteiger partial charge is 0.410 e. The Bertz CT molecular complexity index is 307. The molecule has 0 aliphatic rings. The van der Waals surface area contributed by atoms with Crippen LogP contribution in [0.5, 0.6) is 0 Å². The van der Waals surface area contributed by atoms with Crippen molar-refractivity contribution in [2.45, 2.75) is 76.5 Å². The molecule has 3 atom stereocenters. The molecular weight excluding hydrogens is 268 g/mol. The van der Waals surface area contributed by atoms with E-state index in [1.807, 2.05) is 0 Å². The highest BCUT2D eigenvalue weighted by atomic mass is 28.4. The van der Waals surface area contributed by atoms with E-state index < -0.39 is 20.5 Å². The summed E-state index contributed by atoms with van der Waals surface area (Å²) in [5.41, 5.74) is 0. The molecule has 0 unspecified atom stereocenters. The standard InChI is InChI=1S/C16H32O3Si/c1-8-10-11-14(17)15(18)12-13(9-2)19-20(6,7)16(3,4)5/h8-9,13-15,17-18H,1-2,10-12H2,3-7H3/t13-,14+,15+/m0/s1. The molecule has 4 heteroatoms. The number of hydrogen-bond donors (Lipinski definition) is 2. The molecule has 0 radical (unpaired) electrons. The van der Waals surface area contributed by atoms with Gasteiger partial charge in [-0.25, -0.2) is 0 Å². The van der Waals surface area contributed by atoms with E-state index in [9.17, 15) is 10.2 Å². The van der Waals surface area contributed by atoms with Gasteiger partial charge in [0.1, 0.15) is 0 Å². The smallest absolute Gasteiger partial charge is 0.192 e.